The standard InChI is InChI=1S/C23H39N3O3S/c1-19-12-17-26(18-13-19)16-6-5-14-24-22(27)11-15-25-30(28,29)21-9-7-20(8-10-21)23(2,3)4/h7-10,19,25H,5-6,11-18H2,1-4H3,(H,24,27). The van der Waals surface area contributed by atoms with Crippen LogP contribution in [0.15, 0.2) is 29.2 Å². The molecule has 1 saturated heterocycles. The molecule has 2 N–H and O–H groups in total. The first-order valence-corrected chi connectivity index (χ1v) is 12.7. The molecule has 2 rings (SSSR count). The predicted octanol–water partition coefficient (Wildman–Crippen LogP) is 3.28. The number of unbranched alkanes of at least 4 members (excludes halogenated alkanes) is 1. The minimum atomic E-state index is -3.60. The third kappa shape index (κ3) is 8.36. The first kappa shape index (κ1) is 24.8. The molecular formula is C23H39N3O3S. The van der Waals surface area contributed by atoms with Gasteiger partial charge in [-0.3, -0.25) is 4.79 Å². The van der Waals surface area contributed by atoms with Gasteiger partial charge in [0.15, 0.2) is 0 Å². The van der Waals surface area contributed by atoms with Crippen LogP contribution < -0.4 is 10.0 Å². The molecule has 0 unspecified atom stereocenters. The van der Waals surface area contributed by atoms with E-state index < -0.39 is 10.0 Å². The van der Waals surface area contributed by atoms with E-state index in [0.717, 1.165) is 30.9 Å². The fourth-order valence-electron chi connectivity index (χ4n) is 3.58. The van der Waals surface area contributed by atoms with Crippen LogP contribution in [0.3, 0.4) is 0 Å². The van der Waals surface area contributed by atoms with Crippen LogP contribution in [-0.2, 0) is 20.2 Å². The second kappa shape index (κ2) is 11.3. The van der Waals surface area contributed by atoms with Crippen LogP contribution in [0.2, 0.25) is 0 Å². The molecule has 1 aliphatic heterocycles. The van der Waals surface area contributed by atoms with Crippen molar-refractivity contribution >= 4 is 15.9 Å². The van der Waals surface area contributed by atoms with E-state index in [-0.39, 0.29) is 29.2 Å². The van der Waals surface area contributed by atoms with Crippen molar-refractivity contribution in [1.82, 2.24) is 14.9 Å². The molecule has 1 heterocycles. The summed E-state index contributed by atoms with van der Waals surface area (Å²) in [6.45, 7) is 12.8. The number of amides is 1. The maximum absolute atomic E-state index is 12.4. The highest BCUT2D eigenvalue weighted by atomic mass is 32.2. The molecule has 0 spiro atoms. The van der Waals surface area contributed by atoms with E-state index in [4.69, 9.17) is 0 Å². The molecule has 0 radical (unpaired) electrons. The molecule has 7 heteroatoms. The molecule has 0 atom stereocenters. The molecule has 1 aromatic carbocycles. The summed E-state index contributed by atoms with van der Waals surface area (Å²) < 4.78 is 27.3. The summed E-state index contributed by atoms with van der Waals surface area (Å²) >= 11 is 0. The van der Waals surface area contributed by atoms with Crippen LogP contribution in [0.5, 0.6) is 0 Å². The average Bonchev–Trinajstić information content (AvgIpc) is 2.68. The minimum absolute atomic E-state index is 0.0276. The summed E-state index contributed by atoms with van der Waals surface area (Å²) in [5, 5.41) is 2.89. The zero-order chi connectivity index (χ0) is 22.2. The molecule has 0 aliphatic carbocycles. The number of piperidine rings is 1. The molecule has 1 amide bonds. The number of sulfonamides is 1. The van der Waals surface area contributed by atoms with Gasteiger partial charge >= 0.3 is 0 Å². The highest BCUT2D eigenvalue weighted by Crippen LogP contribution is 2.23. The van der Waals surface area contributed by atoms with Gasteiger partial charge in [0.25, 0.3) is 0 Å². The molecule has 6 nitrogen and oxygen atoms in total. The number of carbonyl (C=O) groups is 1. The SMILES string of the molecule is CC1CCN(CCCCNC(=O)CCNS(=O)(=O)c2ccc(C(C)(C)C)cc2)CC1. The van der Waals surface area contributed by atoms with Crippen molar-refractivity contribution in [3.05, 3.63) is 29.8 Å². The summed E-state index contributed by atoms with van der Waals surface area (Å²) in [5.41, 5.74) is 1.05. The Morgan fingerprint density at radius 1 is 1.07 bits per heavy atom. The molecule has 1 fully saturated rings. The highest BCUT2D eigenvalue weighted by Gasteiger charge is 2.18. The molecule has 0 aromatic heterocycles. The Morgan fingerprint density at radius 3 is 2.30 bits per heavy atom. The third-order valence-electron chi connectivity index (χ3n) is 5.77. The van der Waals surface area contributed by atoms with Crippen molar-refractivity contribution in [2.45, 2.75) is 70.1 Å². The van der Waals surface area contributed by atoms with Crippen molar-refractivity contribution in [3.63, 3.8) is 0 Å². The number of nitrogens with one attached hydrogen (secondary N) is 2. The second-order valence-electron chi connectivity index (χ2n) is 9.50. The van der Waals surface area contributed by atoms with Gasteiger partial charge in [0.2, 0.25) is 15.9 Å². The molecule has 30 heavy (non-hydrogen) atoms. The lowest BCUT2D eigenvalue weighted by Gasteiger charge is -2.30. The fraction of sp³-hybridized carbons (Fsp3) is 0.696. The summed E-state index contributed by atoms with van der Waals surface area (Å²) in [4.78, 5) is 14.7. The second-order valence-corrected chi connectivity index (χ2v) is 11.3. The molecule has 1 aliphatic rings. The summed E-state index contributed by atoms with van der Waals surface area (Å²) in [5.74, 6) is 0.730. The smallest absolute Gasteiger partial charge is 0.240 e. The number of benzene rings is 1. The number of hydrogen-bond acceptors (Lipinski definition) is 4. The van der Waals surface area contributed by atoms with Gasteiger partial charge in [-0.25, -0.2) is 13.1 Å². The van der Waals surface area contributed by atoms with Crippen LogP contribution in [0.4, 0.5) is 0 Å². The van der Waals surface area contributed by atoms with Crippen molar-refractivity contribution in [2.24, 2.45) is 5.92 Å². The topological polar surface area (TPSA) is 78.5 Å². The molecule has 170 valence electrons. The van der Waals surface area contributed by atoms with E-state index in [0.29, 0.717) is 6.54 Å². The highest BCUT2D eigenvalue weighted by molar-refractivity contribution is 7.89. The number of likely N-dealkylation sites (tertiary alicyclic amines) is 1. The number of rotatable bonds is 10. The minimum Gasteiger partial charge on any atom is -0.356 e. The summed E-state index contributed by atoms with van der Waals surface area (Å²) in [6, 6.07) is 6.91. The summed E-state index contributed by atoms with van der Waals surface area (Å²) in [6.07, 6.45) is 4.74. The van der Waals surface area contributed by atoms with Gasteiger partial charge in [0, 0.05) is 19.5 Å². The first-order chi connectivity index (χ1) is 14.1. The zero-order valence-electron chi connectivity index (χ0n) is 19.0. The van der Waals surface area contributed by atoms with Crippen LogP contribution in [-0.4, -0.2) is 51.9 Å². The fourth-order valence-corrected chi connectivity index (χ4v) is 4.61. The molecule has 1 aromatic rings. The lowest BCUT2D eigenvalue weighted by molar-refractivity contribution is -0.120. The summed E-state index contributed by atoms with van der Waals surface area (Å²) in [7, 11) is -3.60. The van der Waals surface area contributed by atoms with Gasteiger partial charge in [-0.15, -0.1) is 0 Å². The predicted molar refractivity (Wildman–Crippen MR) is 122 cm³/mol. The van der Waals surface area contributed by atoms with Crippen molar-refractivity contribution in [3.8, 4) is 0 Å². The van der Waals surface area contributed by atoms with Gasteiger partial charge in [-0.1, -0.05) is 39.8 Å². The van der Waals surface area contributed by atoms with E-state index in [1.54, 1.807) is 12.1 Å². The van der Waals surface area contributed by atoms with Crippen molar-refractivity contribution in [2.75, 3.05) is 32.7 Å². The Hall–Kier alpha value is -1.44. The Labute approximate surface area is 182 Å². The quantitative estimate of drug-likeness (QED) is 0.551. The van der Waals surface area contributed by atoms with E-state index in [2.05, 4.69) is 42.6 Å². The largest absolute Gasteiger partial charge is 0.356 e. The third-order valence-corrected chi connectivity index (χ3v) is 7.25. The Morgan fingerprint density at radius 2 is 1.70 bits per heavy atom. The monoisotopic (exact) mass is 437 g/mol. The molecule has 0 bridgehead atoms. The van der Waals surface area contributed by atoms with E-state index in [1.165, 1.54) is 25.9 Å². The van der Waals surface area contributed by atoms with E-state index >= 15 is 0 Å². The van der Waals surface area contributed by atoms with Crippen LogP contribution in [0, 0.1) is 5.92 Å². The maximum atomic E-state index is 12.4. The van der Waals surface area contributed by atoms with Gasteiger partial charge < -0.3 is 10.2 Å². The van der Waals surface area contributed by atoms with Crippen molar-refractivity contribution < 1.29 is 13.2 Å². The van der Waals surface area contributed by atoms with Gasteiger partial charge in [-0.2, -0.15) is 0 Å². The molecule has 0 saturated carbocycles. The molecular weight excluding hydrogens is 398 g/mol. The van der Waals surface area contributed by atoms with Crippen LogP contribution in [0.25, 0.3) is 0 Å². The number of hydrogen-bond donors (Lipinski definition) is 2. The lowest BCUT2D eigenvalue weighted by atomic mass is 9.87. The van der Waals surface area contributed by atoms with Crippen LogP contribution >= 0.6 is 0 Å². The van der Waals surface area contributed by atoms with Crippen LogP contribution in [0.1, 0.15) is 65.4 Å². The van der Waals surface area contributed by atoms with Gasteiger partial charge in [-0.05, 0) is 74.3 Å². The van der Waals surface area contributed by atoms with Gasteiger partial charge in [0.1, 0.15) is 0 Å². The number of carbonyl (C=O) groups excluding carboxylic acids is 1. The van der Waals surface area contributed by atoms with E-state index in [9.17, 15) is 13.2 Å². The number of nitrogens with zero attached hydrogens (tertiary/aromatic N) is 1. The first-order valence-electron chi connectivity index (χ1n) is 11.2. The Balaban J connectivity index is 1.61. The Kier molecular flexibility index (Phi) is 9.31. The Bertz CT molecular complexity index is 762. The maximum Gasteiger partial charge on any atom is 0.240 e. The average molecular weight is 438 g/mol. The zero-order valence-corrected chi connectivity index (χ0v) is 19.9. The van der Waals surface area contributed by atoms with Gasteiger partial charge in [0.05, 0.1) is 4.90 Å². The normalized spacial score (nSPS) is 16.5. The lowest BCUT2D eigenvalue weighted by Crippen LogP contribution is -2.34. The van der Waals surface area contributed by atoms with Crippen molar-refractivity contribution in [1.29, 1.82) is 0 Å². The van der Waals surface area contributed by atoms with E-state index in [1.807, 2.05) is 12.1 Å².